The zero-order valence-electron chi connectivity index (χ0n) is 12.3. The van der Waals surface area contributed by atoms with Crippen molar-refractivity contribution in [3.63, 3.8) is 0 Å². The summed E-state index contributed by atoms with van der Waals surface area (Å²) in [5.41, 5.74) is -2.90. The number of carboxylic acid groups (broad SMARTS) is 1. The van der Waals surface area contributed by atoms with Gasteiger partial charge in [-0.05, 0) is 25.0 Å². The van der Waals surface area contributed by atoms with Crippen LogP contribution in [0.1, 0.15) is 36.8 Å². The third-order valence-electron chi connectivity index (χ3n) is 4.20. The molecule has 0 amide bonds. The van der Waals surface area contributed by atoms with Crippen LogP contribution in [-0.4, -0.2) is 25.3 Å². The fraction of sp³-hybridized carbons (Fsp3) is 0.533. The number of benzene rings is 1. The van der Waals surface area contributed by atoms with Crippen LogP contribution in [0.25, 0.3) is 0 Å². The molecule has 2 rings (SSSR count). The highest BCUT2D eigenvalue weighted by Gasteiger charge is 2.50. The lowest BCUT2D eigenvalue weighted by Gasteiger charge is -2.30. The van der Waals surface area contributed by atoms with Crippen LogP contribution in [0.15, 0.2) is 12.1 Å². The largest absolute Gasteiger partial charge is 0.493 e. The lowest BCUT2D eigenvalue weighted by molar-refractivity contribution is -0.146. The highest BCUT2D eigenvalue weighted by molar-refractivity contribution is 5.84. The Morgan fingerprint density at radius 2 is 1.77 bits per heavy atom. The molecular formula is C15H17F3O4. The van der Waals surface area contributed by atoms with Crippen molar-refractivity contribution in [2.75, 3.05) is 14.2 Å². The maximum Gasteiger partial charge on any atom is 0.416 e. The standard InChI is InChI=1S/C15H17F3O4/c1-21-10-6-5-9(15(16,17)18)11(12(10)22-2)14(13(19)20)7-3-4-8-14/h5-6H,3-4,7-8H2,1-2H3,(H,19,20). The molecule has 0 saturated heterocycles. The number of aliphatic carboxylic acids is 1. The molecule has 1 saturated carbocycles. The number of carbonyl (C=O) groups is 1. The van der Waals surface area contributed by atoms with Gasteiger partial charge in [0.05, 0.1) is 25.2 Å². The minimum atomic E-state index is -4.67. The highest BCUT2D eigenvalue weighted by Crippen LogP contribution is 2.52. The molecule has 0 spiro atoms. The Kier molecular flexibility index (Phi) is 4.26. The molecule has 0 aliphatic heterocycles. The van der Waals surface area contributed by atoms with Crippen LogP contribution in [0, 0.1) is 0 Å². The normalized spacial score (nSPS) is 17.3. The van der Waals surface area contributed by atoms with E-state index in [1.807, 2.05) is 0 Å². The number of halogens is 3. The monoisotopic (exact) mass is 318 g/mol. The van der Waals surface area contributed by atoms with Crippen LogP contribution in [0.4, 0.5) is 13.2 Å². The fourth-order valence-corrected chi connectivity index (χ4v) is 3.19. The van der Waals surface area contributed by atoms with E-state index >= 15 is 0 Å². The summed E-state index contributed by atoms with van der Waals surface area (Å²) in [6.45, 7) is 0. The number of methoxy groups -OCH3 is 2. The molecule has 0 aromatic heterocycles. The van der Waals surface area contributed by atoms with Crippen molar-refractivity contribution in [1.29, 1.82) is 0 Å². The topological polar surface area (TPSA) is 55.8 Å². The highest BCUT2D eigenvalue weighted by atomic mass is 19.4. The second kappa shape index (κ2) is 5.70. The average molecular weight is 318 g/mol. The first-order valence-corrected chi connectivity index (χ1v) is 6.84. The first kappa shape index (κ1) is 16.5. The molecule has 1 aliphatic carbocycles. The van der Waals surface area contributed by atoms with E-state index in [0.717, 1.165) is 12.1 Å². The van der Waals surface area contributed by atoms with Crippen molar-refractivity contribution in [1.82, 2.24) is 0 Å². The van der Waals surface area contributed by atoms with E-state index < -0.39 is 23.1 Å². The molecular weight excluding hydrogens is 301 g/mol. The predicted octanol–water partition coefficient (Wildman–Crippen LogP) is 3.62. The first-order valence-electron chi connectivity index (χ1n) is 6.84. The maximum atomic E-state index is 13.4. The molecule has 122 valence electrons. The van der Waals surface area contributed by atoms with Crippen molar-refractivity contribution < 1.29 is 32.5 Å². The zero-order chi connectivity index (χ0) is 16.5. The summed E-state index contributed by atoms with van der Waals surface area (Å²) in [6, 6.07) is 2.01. The Morgan fingerprint density at radius 1 is 1.18 bits per heavy atom. The smallest absolute Gasteiger partial charge is 0.416 e. The van der Waals surface area contributed by atoms with Gasteiger partial charge in [-0.25, -0.2) is 0 Å². The quantitative estimate of drug-likeness (QED) is 0.921. The summed E-state index contributed by atoms with van der Waals surface area (Å²) in [5.74, 6) is -1.32. The van der Waals surface area contributed by atoms with Crippen LogP contribution < -0.4 is 9.47 Å². The van der Waals surface area contributed by atoms with Crippen molar-refractivity contribution in [2.45, 2.75) is 37.3 Å². The van der Waals surface area contributed by atoms with E-state index in [9.17, 15) is 23.1 Å². The van der Waals surface area contributed by atoms with E-state index in [0.29, 0.717) is 12.8 Å². The number of hydrogen-bond donors (Lipinski definition) is 1. The second-order valence-electron chi connectivity index (χ2n) is 5.32. The number of hydrogen-bond acceptors (Lipinski definition) is 3. The van der Waals surface area contributed by atoms with Crippen LogP contribution in [0.2, 0.25) is 0 Å². The number of rotatable bonds is 4. The molecule has 1 aliphatic rings. The predicted molar refractivity (Wildman–Crippen MR) is 72.3 cm³/mol. The van der Waals surface area contributed by atoms with Gasteiger partial charge in [0, 0.05) is 5.56 Å². The molecule has 1 fully saturated rings. The van der Waals surface area contributed by atoms with Crippen molar-refractivity contribution in [2.24, 2.45) is 0 Å². The molecule has 4 nitrogen and oxygen atoms in total. The summed E-state index contributed by atoms with van der Waals surface area (Å²) in [4.78, 5) is 11.8. The lowest BCUT2D eigenvalue weighted by atomic mass is 9.75. The molecule has 0 bridgehead atoms. The molecule has 7 heteroatoms. The van der Waals surface area contributed by atoms with Gasteiger partial charge in [-0.3, -0.25) is 4.79 Å². The number of ether oxygens (including phenoxy) is 2. The van der Waals surface area contributed by atoms with Gasteiger partial charge in [0.2, 0.25) is 0 Å². The SMILES string of the molecule is COc1ccc(C(F)(F)F)c(C2(C(=O)O)CCCC2)c1OC. The van der Waals surface area contributed by atoms with Gasteiger partial charge in [0.25, 0.3) is 0 Å². The Labute approximate surface area is 125 Å². The van der Waals surface area contributed by atoms with Gasteiger partial charge in [-0.15, -0.1) is 0 Å². The number of alkyl halides is 3. The molecule has 1 aromatic rings. The van der Waals surface area contributed by atoms with Gasteiger partial charge in [0.1, 0.15) is 0 Å². The zero-order valence-corrected chi connectivity index (χ0v) is 12.3. The maximum absolute atomic E-state index is 13.4. The van der Waals surface area contributed by atoms with Gasteiger partial charge in [0.15, 0.2) is 11.5 Å². The van der Waals surface area contributed by atoms with Gasteiger partial charge in [-0.1, -0.05) is 12.8 Å². The van der Waals surface area contributed by atoms with Crippen molar-refractivity contribution in [3.05, 3.63) is 23.3 Å². The molecule has 0 heterocycles. The molecule has 1 aromatic carbocycles. The molecule has 0 radical (unpaired) electrons. The number of carboxylic acids is 1. The molecule has 22 heavy (non-hydrogen) atoms. The summed E-state index contributed by atoms with van der Waals surface area (Å²) >= 11 is 0. The summed E-state index contributed by atoms with van der Waals surface area (Å²) in [5, 5.41) is 9.63. The van der Waals surface area contributed by atoms with Gasteiger partial charge >= 0.3 is 12.1 Å². The summed E-state index contributed by atoms with van der Waals surface area (Å²) in [6.07, 6.45) is -3.25. The van der Waals surface area contributed by atoms with Crippen molar-refractivity contribution in [3.8, 4) is 11.5 Å². The van der Waals surface area contributed by atoms with Crippen LogP contribution >= 0.6 is 0 Å². The molecule has 0 atom stereocenters. The second-order valence-corrected chi connectivity index (χ2v) is 5.32. The molecule has 0 unspecified atom stereocenters. The first-order chi connectivity index (χ1) is 10.3. The Bertz CT molecular complexity index is 575. The van der Waals surface area contributed by atoms with Crippen LogP contribution in [0.3, 0.4) is 0 Å². The Hall–Kier alpha value is -1.92. The molecule has 1 N–H and O–H groups in total. The van der Waals surface area contributed by atoms with Crippen LogP contribution in [0.5, 0.6) is 11.5 Å². The fourth-order valence-electron chi connectivity index (χ4n) is 3.19. The van der Waals surface area contributed by atoms with Crippen LogP contribution in [-0.2, 0) is 16.4 Å². The van der Waals surface area contributed by atoms with E-state index in [1.54, 1.807) is 0 Å². The third-order valence-corrected chi connectivity index (χ3v) is 4.20. The average Bonchev–Trinajstić information content (AvgIpc) is 2.95. The summed E-state index contributed by atoms with van der Waals surface area (Å²) < 4.78 is 50.3. The van der Waals surface area contributed by atoms with E-state index in [1.165, 1.54) is 14.2 Å². The van der Waals surface area contributed by atoms with E-state index in [4.69, 9.17) is 9.47 Å². The lowest BCUT2D eigenvalue weighted by Crippen LogP contribution is -2.35. The minimum Gasteiger partial charge on any atom is -0.493 e. The third kappa shape index (κ3) is 2.48. The Balaban J connectivity index is 2.83. The van der Waals surface area contributed by atoms with E-state index in [2.05, 4.69) is 0 Å². The summed E-state index contributed by atoms with van der Waals surface area (Å²) in [7, 11) is 2.52. The Morgan fingerprint density at radius 3 is 2.18 bits per heavy atom. The van der Waals surface area contributed by atoms with E-state index in [-0.39, 0.29) is 29.9 Å². The minimum absolute atomic E-state index is 0.0954. The van der Waals surface area contributed by atoms with Crippen molar-refractivity contribution >= 4 is 5.97 Å². The van der Waals surface area contributed by atoms with Gasteiger partial charge < -0.3 is 14.6 Å². The van der Waals surface area contributed by atoms with Gasteiger partial charge in [-0.2, -0.15) is 13.2 Å².